The number of aromatic nitrogens is 4. The number of nitrogens with zero attached hydrogens (tertiary/aromatic N) is 3. The molecule has 8 heteroatoms. The smallest absolute Gasteiger partial charge is 0.232 e. The molecule has 0 aliphatic heterocycles. The molecule has 3 atom stereocenters. The zero-order chi connectivity index (χ0) is 18.3. The summed E-state index contributed by atoms with van der Waals surface area (Å²) >= 11 is 6.00. The van der Waals surface area contributed by atoms with Crippen molar-refractivity contribution >= 4 is 23.3 Å². The normalized spacial score (nSPS) is 20.0. The Kier molecular flexibility index (Phi) is 4.24. The number of hydrogen-bond acceptors (Lipinski definition) is 3. The third-order valence-corrected chi connectivity index (χ3v) is 4.76. The summed E-state index contributed by atoms with van der Waals surface area (Å²) in [7, 11) is 0. The summed E-state index contributed by atoms with van der Waals surface area (Å²) in [5.74, 6) is -0.348. The van der Waals surface area contributed by atoms with Crippen LogP contribution in [0.1, 0.15) is 36.4 Å². The standard InChI is InChI=1S/C18H17ClFN5O/c1-10(11-8-21-25(9-11)13-4-2-3-12(19)5-13)18(26)22-17-7-16(23-24-17)14-6-15(14)20/h2-5,7-10,14-15H,6H2,1H3,(H2,22,23,24,26)/t10-,14?,15?/m1/s1. The zero-order valence-corrected chi connectivity index (χ0v) is 14.7. The number of benzene rings is 1. The molecule has 6 nitrogen and oxygen atoms in total. The van der Waals surface area contributed by atoms with Crippen LogP contribution in [0.3, 0.4) is 0 Å². The molecule has 2 aromatic heterocycles. The average molecular weight is 374 g/mol. The van der Waals surface area contributed by atoms with E-state index >= 15 is 0 Å². The van der Waals surface area contributed by atoms with Gasteiger partial charge in [0.05, 0.1) is 17.8 Å². The molecule has 4 rings (SSSR count). The molecule has 26 heavy (non-hydrogen) atoms. The molecule has 0 radical (unpaired) electrons. The molecule has 134 valence electrons. The van der Waals surface area contributed by atoms with Crippen molar-refractivity contribution in [2.24, 2.45) is 0 Å². The third-order valence-electron chi connectivity index (χ3n) is 4.53. The summed E-state index contributed by atoms with van der Waals surface area (Å²) in [6.45, 7) is 1.79. The summed E-state index contributed by atoms with van der Waals surface area (Å²) in [6.07, 6.45) is 3.15. The first-order chi connectivity index (χ1) is 12.5. The lowest BCUT2D eigenvalue weighted by Gasteiger charge is -2.08. The molecule has 2 heterocycles. The number of carbonyl (C=O) groups excluding carboxylic acids is 1. The van der Waals surface area contributed by atoms with E-state index in [1.165, 1.54) is 0 Å². The quantitative estimate of drug-likeness (QED) is 0.714. The van der Waals surface area contributed by atoms with Gasteiger partial charge in [0.15, 0.2) is 5.82 Å². The lowest BCUT2D eigenvalue weighted by molar-refractivity contribution is -0.117. The predicted octanol–water partition coefficient (Wildman–Crippen LogP) is 3.82. The van der Waals surface area contributed by atoms with Crippen LogP contribution in [0.5, 0.6) is 0 Å². The van der Waals surface area contributed by atoms with Crippen molar-refractivity contribution < 1.29 is 9.18 Å². The number of carbonyl (C=O) groups is 1. The Labute approximate surface area is 154 Å². The first-order valence-electron chi connectivity index (χ1n) is 8.32. The lowest BCUT2D eigenvalue weighted by atomic mass is 10.0. The van der Waals surface area contributed by atoms with Crippen LogP contribution < -0.4 is 5.32 Å². The molecule has 2 unspecified atom stereocenters. The number of alkyl halides is 1. The molecule has 1 fully saturated rings. The van der Waals surface area contributed by atoms with Gasteiger partial charge in [0.2, 0.25) is 5.91 Å². The Morgan fingerprint density at radius 3 is 3.00 bits per heavy atom. The Bertz CT molecular complexity index is 952. The Balaban J connectivity index is 1.44. The first kappa shape index (κ1) is 16.8. The van der Waals surface area contributed by atoms with Crippen LogP contribution in [-0.2, 0) is 4.79 Å². The summed E-state index contributed by atoms with van der Waals surface area (Å²) in [5, 5.41) is 14.5. The van der Waals surface area contributed by atoms with Gasteiger partial charge in [-0.05, 0) is 31.5 Å². The van der Waals surface area contributed by atoms with Crippen molar-refractivity contribution in [3.05, 3.63) is 59.0 Å². The summed E-state index contributed by atoms with van der Waals surface area (Å²) in [5.41, 5.74) is 2.30. The second-order valence-corrected chi connectivity index (χ2v) is 6.91. The molecule has 1 aliphatic rings. The highest BCUT2D eigenvalue weighted by Gasteiger charge is 2.40. The molecule has 1 aromatic carbocycles. The number of aromatic amines is 1. The second kappa shape index (κ2) is 6.57. The molecule has 1 aliphatic carbocycles. The van der Waals surface area contributed by atoms with Gasteiger partial charge in [-0.25, -0.2) is 9.07 Å². The van der Waals surface area contributed by atoms with Crippen molar-refractivity contribution in [1.82, 2.24) is 20.0 Å². The maximum absolute atomic E-state index is 13.1. The van der Waals surface area contributed by atoms with E-state index < -0.39 is 12.1 Å². The van der Waals surface area contributed by atoms with Crippen LogP contribution in [0.2, 0.25) is 5.02 Å². The number of nitrogens with one attached hydrogen (secondary N) is 2. The molecule has 0 spiro atoms. The molecule has 0 bridgehead atoms. The van der Waals surface area contributed by atoms with Gasteiger partial charge in [-0.1, -0.05) is 17.7 Å². The SMILES string of the molecule is C[C@@H](C(=O)Nc1cc(C2CC2F)[nH]n1)c1cnn(-c2cccc(Cl)c2)c1. The van der Waals surface area contributed by atoms with E-state index in [-0.39, 0.29) is 11.8 Å². The number of hydrogen-bond donors (Lipinski definition) is 2. The van der Waals surface area contributed by atoms with Crippen LogP contribution in [0.15, 0.2) is 42.7 Å². The highest BCUT2D eigenvalue weighted by Crippen LogP contribution is 2.43. The van der Waals surface area contributed by atoms with Gasteiger partial charge in [-0.15, -0.1) is 0 Å². The molecule has 3 aromatic rings. The van der Waals surface area contributed by atoms with Crippen molar-refractivity contribution in [2.75, 3.05) is 5.32 Å². The van der Waals surface area contributed by atoms with Crippen molar-refractivity contribution in [3.8, 4) is 5.69 Å². The van der Waals surface area contributed by atoms with Gasteiger partial charge < -0.3 is 5.32 Å². The van der Waals surface area contributed by atoms with Crippen molar-refractivity contribution in [3.63, 3.8) is 0 Å². The number of halogens is 2. The van der Waals surface area contributed by atoms with Crippen LogP contribution in [0.25, 0.3) is 5.69 Å². The fourth-order valence-electron chi connectivity index (χ4n) is 2.78. The van der Waals surface area contributed by atoms with E-state index in [2.05, 4.69) is 20.6 Å². The summed E-state index contributed by atoms with van der Waals surface area (Å²) in [6, 6.07) is 8.99. The minimum atomic E-state index is -0.810. The van der Waals surface area contributed by atoms with Crippen LogP contribution >= 0.6 is 11.6 Å². The topological polar surface area (TPSA) is 75.6 Å². The van der Waals surface area contributed by atoms with Crippen molar-refractivity contribution in [1.29, 1.82) is 0 Å². The Morgan fingerprint density at radius 1 is 1.46 bits per heavy atom. The second-order valence-electron chi connectivity index (χ2n) is 6.48. The van der Waals surface area contributed by atoms with Crippen LogP contribution in [0.4, 0.5) is 10.2 Å². The van der Waals surface area contributed by atoms with Crippen molar-refractivity contribution in [2.45, 2.75) is 31.4 Å². The highest BCUT2D eigenvalue weighted by molar-refractivity contribution is 6.30. The number of amides is 1. The van der Waals surface area contributed by atoms with E-state index in [9.17, 15) is 9.18 Å². The van der Waals surface area contributed by atoms with Gasteiger partial charge in [0.1, 0.15) is 6.17 Å². The molecule has 2 N–H and O–H groups in total. The fraction of sp³-hybridized carbons (Fsp3) is 0.278. The maximum Gasteiger partial charge on any atom is 0.232 e. The van der Waals surface area contributed by atoms with Crippen LogP contribution in [0, 0.1) is 0 Å². The zero-order valence-electron chi connectivity index (χ0n) is 14.0. The Hall–Kier alpha value is -2.67. The maximum atomic E-state index is 13.1. The van der Waals surface area contributed by atoms with E-state index in [1.54, 1.807) is 42.2 Å². The van der Waals surface area contributed by atoms with Gasteiger partial charge in [0, 0.05) is 34.5 Å². The summed E-state index contributed by atoms with van der Waals surface area (Å²) < 4.78 is 14.8. The first-order valence-corrected chi connectivity index (χ1v) is 8.70. The van der Waals surface area contributed by atoms with Gasteiger partial charge in [0.25, 0.3) is 0 Å². The minimum Gasteiger partial charge on any atom is -0.309 e. The molecule has 0 saturated heterocycles. The number of rotatable bonds is 5. The molecule has 1 saturated carbocycles. The Morgan fingerprint density at radius 2 is 2.27 bits per heavy atom. The van der Waals surface area contributed by atoms with Gasteiger partial charge in [-0.3, -0.25) is 9.89 Å². The molecular weight excluding hydrogens is 357 g/mol. The minimum absolute atomic E-state index is 0.124. The predicted molar refractivity (Wildman–Crippen MR) is 96.5 cm³/mol. The highest BCUT2D eigenvalue weighted by atomic mass is 35.5. The van der Waals surface area contributed by atoms with E-state index in [1.807, 2.05) is 12.1 Å². The van der Waals surface area contributed by atoms with Gasteiger partial charge in [-0.2, -0.15) is 10.2 Å². The fourth-order valence-corrected chi connectivity index (χ4v) is 2.97. The lowest BCUT2D eigenvalue weighted by Crippen LogP contribution is -2.18. The third kappa shape index (κ3) is 3.35. The summed E-state index contributed by atoms with van der Waals surface area (Å²) in [4.78, 5) is 12.5. The van der Waals surface area contributed by atoms with Crippen LogP contribution in [-0.4, -0.2) is 32.1 Å². The monoisotopic (exact) mass is 373 g/mol. The largest absolute Gasteiger partial charge is 0.309 e. The number of H-pyrrole nitrogens is 1. The molecule has 1 amide bonds. The number of anilines is 1. The van der Waals surface area contributed by atoms with E-state index in [0.717, 1.165) is 11.3 Å². The average Bonchev–Trinajstić information content (AvgIpc) is 3.05. The van der Waals surface area contributed by atoms with E-state index in [0.29, 0.717) is 23.0 Å². The van der Waals surface area contributed by atoms with E-state index in [4.69, 9.17) is 11.6 Å². The van der Waals surface area contributed by atoms with Gasteiger partial charge >= 0.3 is 0 Å². The molecular formula is C18H17ClFN5O.